The smallest absolute Gasteiger partial charge is 0.307 e. The first-order chi connectivity index (χ1) is 9.32. The Bertz CT molecular complexity index is 486. The monoisotopic (exact) mass is 315 g/mol. The zero-order valence-electron chi connectivity index (χ0n) is 12.1. The number of nitrogens with one attached hydrogen (secondary N) is 1. The van der Waals surface area contributed by atoms with Crippen LogP contribution in [0.15, 0.2) is 12.1 Å². The maximum atomic E-state index is 11.4. The maximum absolute atomic E-state index is 11.4. The number of hydrogen-bond donors (Lipinski definition) is 2. The van der Waals surface area contributed by atoms with E-state index in [1.165, 1.54) is 4.88 Å². The Hall–Kier alpha value is -0.580. The largest absolute Gasteiger partial charge is 0.481 e. The van der Waals surface area contributed by atoms with Crippen LogP contribution >= 0.6 is 22.9 Å². The molecule has 5 heteroatoms. The topological polar surface area (TPSA) is 49.3 Å². The summed E-state index contributed by atoms with van der Waals surface area (Å²) in [6.45, 7) is 7.12. The average molecular weight is 316 g/mol. The Morgan fingerprint density at radius 3 is 2.75 bits per heavy atom. The SMILES string of the molecule is CC1C(NCc2ccc(Cl)s2)CCC(C(=O)O)C1(C)C. The predicted octanol–water partition coefficient (Wildman–Crippen LogP) is 4.02. The molecule has 112 valence electrons. The van der Waals surface area contributed by atoms with E-state index in [4.69, 9.17) is 11.6 Å². The first-order valence-electron chi connectivity index (χ1n) is 7.02. The van der Waals surface area contributed by atoms with Crippen LogP contribution in [0.3, 0.4) is 0 Å². The number of carbonyl (C=O) groups is 1. The summed E-state index contributed by atoms with van der Waals surface area (Å²) < 4.78 is 0.810. The second-order valence-electron chi connectivity index (χ2n) is 6.27. The molecule has 0 spiro atoms. The van der Waals surface area contributed by atoms with Crippen LogP contribution < -0.4 is 5.32 Å². The molecule has 0 aliphatic heterocycles. The number of hydrogen-bond acceptors (Lipinski definition) is 3. The molecular formula is C15H22ClNO2S. The Morgan fingerprint density at radius 1 is 1.50 bits per heavy atom. The number of thiophene rings is 1. The number of carboxylic acids is 1. The zero-order valence-corrected chi connectivity index (χ0v) is 13.7. The van der Waals surface area contributed by atoms with Crippen molar-refractivity contribution in [2.75, 3.05) is 0 Å². The van der Waals surface area contributed by atoms with E-state index in [1.807, 2.05) is 12.1 Å². The average Bonchev–Trinajstić information content (AvgIpc) is 2.76. The third-order valence-electron chi connectivity index (χ3n) is 4.91. The van der Waals surface area contributed by atoms with Gasteiger partial charge in [0.15, 0.2) is 0 Å². The Balaban J connectivity index is 1.99. The van der Waals surface area contributed by atoms with E-state index < -0.39 is 5.97 Å². The molecule has 1 saturated carbocycles. The van der Waals surface area contributed by atoms with E-state index in [0.29, 0.717) is 12.0 Å². The minimum atomic E-state index is -0.662. The van der Waals surface area contributed by atoms with Crippen molar-refractivity contribution in [3.8, 4) is 0 Å². The van der Waals surface area contributed by atoms with Crippen LogP contribution in [-0.4, -0.2) is 17.1 Å². The molecule has 2 rings (SSSR count). The second kappa shape index (κ2) is 6.04. The highest BCUT2D eigenvalue weighted by Gasteiger charge is 2.45. The first-order valence-corrected chi connectivity index (χ1v) is 8.22. The van der Waals surface area contributed by atoms with Crippen molar-refractivity contribution in [2.24, 2.45) is 17.3 Å². The molecule has 1 aliphatic rings. The summed E-state index contributed by atoms with van der Waals surface area (Å²) >= 11 is 7.53. The maximum Gasteiger partial charge on any atom is 0.307 e. The summed E-state index contributed by atoms with van der Waals surface area (Å²) in [5.41, 5.74) is -0.186. The molecule has 3 atom stereocenters. The van der Waals surface area contributed by atoms with E-state index in [1.54, 1.807) is 11.3 Å². The molecule has 1 fully saturated rings. The normalized spacial score (nSPS) is 29.3. The number of carboxylic acid groups (broad SMARTS) is 1. The molecule has 1 aliphatic carbocycles. The van der Waals surface area contributed by atoms with Gasteiger partial charge in [-0.1, -0.05) is 32.4 Å². The minimum Gasteiger partial charge on any atom is -0.481 e. The van der Waals surface area contributed by atoms with Gasteiger partial charge in [0.25, 0.3) is 0 Å². The summed E-state index contributed by atoms with van der Waals surface area (Å²) in [5.74, 6) is -0.579. The fraction of sp³-hybridized carbons (Fsp3) is 0.667. The Kier molecular flexibility index (Phi) is 4.77. The van der Waals surface area contributed by atoms with Crippen molar-refractivity contribution in [1.82, 2.24) is 5.32 Å². The van der Waals surface area contributed by atoms with Crippen LogP contribution in [-0.2, 0) is 11.3 Å². The quantitative estimate of drug-likeness (QED) is 0.882. The molecule has 1 aromatic heterocycles. The van der Waals surface area contributed by atoms with Gasteiger partial charge in [0, 0.05) is 17.5 Å². The van der Waals surface area contributed by atoms with E-state index in [2.05, 4.69) is 26.1 Å². The van der Waals surface area contributed by atoms with Crippen molar-refractivity contribution >= 4 is 28.9 Å². The van der Waals surface area contributed by atoms with Gasteiger partial charge in [0.05, 0.1) is 10.3 Å². The van der Waals surface area contributed by atoms with E-state index in [-0.39, 0.29) is 11.3 Å². The summed E-state index contributed by atoms with van der Waals surface area (Å²) in [7, 11) is 0. The highest BCUT2D eigenvalue weighted by atomic mass is 35.5. The molecule has 0 radical (unpaired) electrons. The fourth-order valence-electron chi connectivity index (χ4n) is 3.20. The van der Waals surface area contributed by atoms with Gasteiger partial charge < -0.3 is 10.4 Å². The third kappa shape index (κ3) is 3.18. The minimum absolute atomic E-state index is 0.186. The molecule has 0 aromatic carbocycles. The summed E-state index contributed by atoms with van der Waals surface area (Å²) in [6.07, 6.45) is 1.66. The summed E-state index contributed by atoms with van der Waals surface area (Å²) in [6, 6.07) is 4.32. The van der Waals surface area contributed by atoms with E-state index in [9.17, 15) is 9.90 Å². The number of halogens is 1. The van der Waals surface area contributed by atoms with Crippen LogP contribution in [0.5, 0.6) is 0 Å². The van der Waals surface area contributed by atoms with Gasteiger partial charge in [-0.3, -0.25) is 4.79 Å². The lowest BCUT2D eigenvalue weighted by atomic mass is 9.61. The lowest BCUT2D eigenvalue weighted by Crippen LogP contribution is -2.50. The lowest BCUT2D eigenvalue weighted by Gasteiger charge is -2.46. The Morgan fingerprint density at radius 2 is 2.20 bits per heavy atom. The first kappa shape index (κ1) is 15.8. The van der Waals surface area contributed by atoms with E-state index >= 15 is 0 Å². The van der Waals surface area contributed by atoms with Gasteiger partial charge >= 0.3 is 5.97 Å². The van der Waals surface area contributed by atoms with Gasteiger partial charge in [-0.25, -0.2) is 0 Å². The van der Waals surface area contributed by atoms with Gasteiger partial charge in [-0.15, -0.1) is 11.3 Å². The molecule has 1 heterocycles. The Labute approximate surface area is 129 Å². The molecule has 0 amide bonds. The summed E-state index contributed by atoms with van der Waals surface area (Å²) in [5, 5.41) is 12.9. The van der Waals surface area contributed by atoms with Crippen molar-refractivity contribution in [2.45, 2.75) is 46.2 Å². The molecule has 20 heavy (non-hydrogen) atoms. The number of aliphatic carboxylic acids is 1. The molecule has 2 N–H and O–H groups in total. The van der Waals surface area contributed by atoms with Crippen molar-refractivity contribution < 1.29 is 9.90 Å². The van der Waals surface area contributed by atoms with Crippen LogP contribution in [0.25, 0.3) is 0 Å². The highest BCUT2D eigenvalue weighted by Crippen LogP contribution is 2.45. The highest BCUT2D eigenvalue weighted by molar-refractivity contribution is 7.16. The molecule has 1 aromatic rings. The van der Waals surface area contributed by atoms with Crippen LogP contribution in [0.1, 0.15) is 38.5 Å². The standard InChI is InChI=1S/C15H22ClNO2S/c1-9-12(17-8-10-4-7-13(16)20-10)6-5-11(14(18)19)15(9,2)3/h4,7,9,11-12,17H,5-6,8H2,1-3H3,(H,18,19). The molecule has 0 bridgehead atoms. The fourth-order valence-corrected chi connectivity index (χ4v) is 4.24. The predicted molar refractivity (Wildman–Crippen MR) is 83.3 cm³/mol. The van der Waals surface area contributed by atoms with Crippen molar-refractivity contribution in [3.05, 3.63) is 21.3 Å². The summed E-state index contributed by atoms with van der Waals surface area (Å²) in [4.78, 5) is 12.6. The number of rotatable bonds is 4. The van der Waals surface area contributed by atoms with Gasteiger partial charge in [0.1, 0.15) is 0 Å². The van der Waals surface area contributed by atoms with Gasteiger partial charge in [-0.05, 0) is 36.3 Å². The molecule has 3 unspecified atom stereocenters. The third-order valence-corrected chi connectivity index (χ3v) is 6.14. The molecule has 0 saturated heterocycles. The van der Waals surface area contributed by atoms with Gasteiger partial charge in [0.2, 0.25) is 0 Å². The van der Waals surface area contributed by atoms with Crippen LogP contribution in [0.2, 0.25) is 4.34 Å². The lowest BCUT2D eigenvalue weighted by molar-refractivity contribution is -0.150. The molecular weight excluding hydrogens is 294 g/mol. The van der Waals surface area contributed by atoms with Crippen LogP contribution in [0, 0.1) is 17.3 Å². The zero-order chi connectivity index (χ0) is 14.9. The van der Waals surface area contributed by atoms with Crippen molar-refractivity contribution in [3.63, 3.8) is 0 Å². The van der Waals surface area contributed by atoms with Crippen molar-refractivity contribution in [1.29, 1.82) is 0 Å². The van der Waals surface area contributed by atoms with E-state index in [0.717, 1.165) is 23.7 Å². The van der Waals surface area contributed by atoms with Crippen LogP contribution in [0.4, 0.5) is 0 Å². The second-order valence-corrected chi connectivity index (χ2v) is 8.07. The molecule has 3 nitrogen and oxygen atoms in total. The van der Waals surface area contributed by atoms with Gasteiger partial charge in [-0.2, -0.15) is 0 Å².